The van der Waals surface area contributed by atoms with Gasteiger partial charge in [0.25, 0.3) is 5.91 Å². The zero-order chi connectivity index (χ0) is 18.9. The number of rotatable bonds is 6. The third-order valence-electron chi connectivity index (χ3n) is 4.34. The smallest absolute Gasteiger partial charge is 0.326 e. The molecule has 1 amide bonds. The number of ketones is 1. The van der Waals surface area contributed by atoms with E-state index in [1.165, 1.54) is 0 Å². The van der Waals surface area contributed by atoms with Crippen molar-refractivity contribution in [3.63, 3.8) is 0 Å². The summed E-state index contributed by atoms with van der Waals surface area (Å²) in [6.45, 7) is 11.3. The SMILES string of the molecule is CC(C)C(=O)[C@@H](NC(=O)c1cccc2c1[nH]c(=O)n2C(C)C)C(C)C. The fourth-order valence-corrected chi connectivity index (χ4v) is 3.00. The molecule has 0 aliphatic carbocycles. The molecule has 6 nitrogen and oxygen atoms in total. The van der Waals surface area contributed by atoms with E-state index in [0.717, 1.165) is 0 Å². The lowest BCUT2D eigenvalue weighted by atomic mass is 9.92. The minimum atomic E-state index is -0.554. The average Bonchev–Trinajstić information content (AvgIpc) is 2.86. The first kappa shape index (κ1) is 19.0. The van der Waals surface area contributed by atoms with Gasteiger partial charge in [-0.3, -0.25) is 14.2 Å². The molecule has 1 heterocycles. The molecule has 1 aromatic carbocycles. The molecule has 25 heavy (non-hydrogen) atoms. The largest absolute Gasteiger partial charge is 0.342 e. The van der Waals surface area contributed by atoms with Crippen LogP contribution in [0.25, 0.3) is 11.0 Å². The van der Waals surface area contributed by atoms with Crippen molar-refractivity contribution in [2.24, 2.45) is 11.8 Å². The highest BCUT2D eigenvalue weighted by atomic mass is 16.2. The van der Waals surface area contributed by atoms with Crippen LogP contribution >= 0.6 is 0 Å². The van der Waals surface area contributed by atoms with Gasteiger partial charge in [-0.1, -0.05) is 33.8 Å². The molecule has 0 radical (unpaired) electrons. The minimum Gasteiger partial charge on any atom is -0.342 e. The number of hydrogen-bond donors (Lipinski definition) is 2. The lowest BCUT2D eigenvalue weighted by Crippen LogP contribution is -2.46. The molecule has 2 aromatic rings. The number of carbonyl (C=O) groups is 2. The number of aromatic nitrogens is 2. The molecule has 2 N–H and O–H groups in total. The molecule has 0 spiro atoms. The first-order valence-corrected chi connectivity index (χ1v) is 8.73. The van der Waals surface area contributed by atoms with Crippen molar-refractivity contribution in [1.82, 2.24) is 14.9 Å². The van der Waals surface area contributed by atoms with Gasteiger partial charge >= 0.3 is 5.69 Å². The molecule has 6 heteroatoms. The number of hydrogen-bond acceptors (Lipinski definition) is 3. The number of amides is 1. The Labute approximate surface area is 147 Å². The number of imidazole rings is 1. The highest BCUT2D eigenvalue weighted by molar-refractivity contribution is 6.06. The number of Topliss-reactive ketones (excluding diaryl/α,β-unsaturated/α-hetero) is 1. The maximum absolute atomic E-state index is 12.8. The predicted molar refractivity (Wildman–Crippen MR) is 98.9 cm³/mol. The Morgan fingerprint density at radius 3 is 2.24 bits per heavy atom. The van der Waals surface area contributed by atoms with E-state index in [1.54, 1.807) is 16.7 Å². The van der Waals surface area contributed by atoms with Crippen LogP contribution in [0.15, 0.2) is 23.0 Å². The van der Waals surface area contributed by atoms with Crippen LogP contribution in [0.2, 0.25) is 0 Å². The molecule has 0 unspecified atom stereocenters. The Morgan fingerprint density at radius 1 is 1.08 bits per heavy atom. The Hall–Kier alpha value is -2.37. The van der Waals surface area contributed by atoms with Crippen molar-refractivity contribution in [3.8, 4) is 0 Å². The molecule has 0 saturated heterocycles. The zero-order valence-corrected chi connectivity index (χ0v) is 15.7. The van der Waals surface area contributed by atoms with Gasteiger partial charge in [-0.25, -0.2) is 4.79 Å². The maximum atomic E-state index is 12.8. The fourth-order valence-electron chi connectivity index (χ4n) is 3.00. The monoisotopic (exact) mass is 345 g/mol. The van der Waals surface area contributed by atoms with E-state index >= 15 is 0 Å². The van der Waals surface area contributed by atoms with Gasteiger partial charge in [0, 0.05) is 12.0 Å². The van der Waals surface area contributed by atoms with Crippen molar-refractivity contribution >= 4 is 22.7 Å². The third kappa shape index (κ3) is 3.67. The predicted octanol–water partition coefficient (Wildman–Crippen LogP) is 2.89. The van der Waals surface area contributed by atoms with Gasteiger partial charge in [-0.15, -0.1) is 0 Å². The van der Waals surface area contributed by atoms with E-state index in [9.17, 15) is 14.4 Å². The van der Waals surface area contributed by atoms with Gasteiger partial charge in [-0.2, -0.15) is 0 Å². The van der Waals surface area contributed by atoms with E-state index < -0.39 is 6.04 Å². The van der Waals surface area contributed by atoms with E-state index in [4.69, 9.17) is 0 Å². The Kier molecular flexibility index (Phi) is 5.50. The second-order valence-electron chi connectivity index (χ2n) is 7.35. The number of fused-ring (bicyclic) bond motifs is 1. The van der Waals surface area contributed by atoms with Gasteiger partial charge in [0.2, 0.25) is 0 Å². The Balaban J connectivity index is 2.44. The summed E-state index contributed by atoms with van der Waals surface area (Å²) in [7, 11) is 0. The Morgan fingerprint density at radius 2 is 1.72 bits per heavy atom. The van der Waals surface area contributed by atoms with Crippen LogP contribution in [0.1, 0.15) is 57.9 Å². The molecule has 1 aromatic heterocycles. The van der Waals surface area contributed by atoms with Gasteiger partial charge < -0.3 is 10.3 Å². The maximum Gasteiger partial charge on any atom is 0.326 e. The lowest BCUT2D eigenvalue weighted by molar-refractivity contribution is -0.124. The van der Waals surface area contributed by atoms with Crippen LogP contribution in [0.5, 0.6) is 0 Å². The van der Waals surface area contributed by atoms with Gasteiger partial charge in [0.1, 0.15) is 0 Å². The number of benzene rings is 1. The molecule has 136 valence electrons. The Bertz CT molecular complexity index is 843. The van der Waals surface area contributed by atoms with Crippen LogP contribution in [-0.4, -0.2) is 27.3 Å². The van der Waals surface area contributed by atoms with Gasteiger partial charge in [-0.05, 0) is 31.9 Å². The fraction of sp³-hybridized carbons (Fsp3) is 0.526. The molecular formula is C19H27N3O3. The quantitative estimate of drug-likeness (QED) is 0.844. The summed E-state index contributed by atoms with van der Waals surface area (Å²) in [6, 6.07) is 4.64. The normalized spacial score (nSPS) is 13.0. The summed E-state index contributed by atoms with van der Waals surface area (Å²) >= 11 is 0. The van der Waals surface area contributed by atoms with Gasteiger partial charge in [0.05, 0.1) is 22.6 Å². The average molecular weight is 345 g/mol. The zero-order valence-electron chi connectivity index (χ0n) is 15.7. The molecular weight excluding hydrogens is 318 g/mol. The van der Waals surface area contributed by atoms with Crippen molar-refractivity contribution in [2.75, 3.05) is 0 Å². The second-order valence-corrected chi connectivity index (χ2v) is 7.35. The summed E-state index contributed by atoms with van der Waals surface area (Å²) in [5.74, 6) is -0.526. The minimum absolute atomic E-state index is 0.00349. The van der Waals surface area contributed by atoms with E-state index in [1.807, 2.05) is 47.6 Å². The number of carbonyl (C=O) groups excluding carboxylic acids is 2. The first-order valence-electron chi connectivity index (χ1n) is 8.73. The molecule has 0 saturated carbocycles. The number of nitrogens with one attached hydrogen (secondary N) is 2. The summed E-state index contributed by atoms with van der Waals surface area (Å²) in [4.78, 5) is 40.2. The first-order chi connectivity index (χ1) is 11.6. The van der Waals surface area contributed by atoms with E-state index in [2.05, 4.69) is 10.3 Å². The number of nitrogens with zero attached hydrogens (tertiary/aromatic N) is 1. The van der Waals surface area contributed by atoms with Crippen LogP contribution < -0.4 is 11.0 Å². The van der Waals surface area contributed by atoms with Crippen LogP contribution in [0, 0.1) is 11.8 Å². The molecule has 0 bridgehead atoms. The lowest BCUT2D eigenvalue weighted by Gasteiger charge is -2.23. The van der Waals surface area contributed by atoms with E-state index in [0.29, 0.717) is 16.6 Å². The summed E-state index contributed by atoms with van der Waals surface area (Å²) in [5.41, 5.74) is 1.31. The molecule has 1 atom stereocenters. The second kappa shape index (κ2) is 7.25. The molecule has 0 fully saturated rings. The highest BCUT2D eigenvalue weighted by Crippen LogP contribution is 2.19. The summed E-state index contributed by atoms with van der Waals surface area (Å²) < 4.78 is 1.62. The van der Waals surface area contributed by atoms with Crippen molar-refractivity contribution < 1.29 is 9.59 Å². The van der Waals surface area contributed by atoms with Crippen molar-refractivity contribution in [3.05, 3.63) is 34.2 Å². The van der Waals surface area contributed by atoms with Gasteiger partial charge in [0.15, 0.2) is 5.78 Å². The standard InChI is InChI=1S/C19H27N3O3/c1-10(2)15(17(23)11(3)4)20-18(24)13-8-7-9-14-16(13)21-19(25)22(14)12(5)6/h7-12,15H,1-6H3,(H,20,24)(H,21,25)/t15-/m0/s1. The molecule has 0 aliphatic rings. The third-order valence-corrected chi connectivity index (χ3v) is 4.34. The molecule has 0 aliphatic heterocycles. The number of para-hydroxylation sites is 1. The number of H-pyrrole nitrogens is 1. The summed E-state index contributed by atoms with van der Waals surface area (Å²) in [6.07, 6.45) is 0. The van der Waals surface area contributed by atoms with Crippen LogP contribution in [-0.2, 0) is 4.79 Å². The van der Waals surface area contributed by atoms with E-state index in [-0.39, 0.29) is 35.3 Å². The number of aromatic amines is 1. The van der Waals surface area contributed by atoms with Crippen molar-refractivity contribution in [1.29, 1.82) is 0 Å². The van der Waals surface area contributed by atoms with Crippen LogP contribution in [0.4, 0.5) is 0 Å². The topological polar surface area (TPSA) is 84.0 Å². The molecule has 2 rings (SSSR count). The van der Waals surface area contributed by atoms with Crippen LogP contribution in [0.3, 0.4) is 0 Å². The summed E-state index contributed by atoms with van der Waals surface area (Å²) in [5, 5.41) is 2.84. The van der Waals surface area contributed by atoms with Crippen molar-refractivity contribution in [2.45, 2.75) is 53.6 Å². The highest BCUT2D eigenvalue weighted by Gasteiger charge is 2.27.